The molecule has 0 spiro atoms. The number of hydrogen-bond donors (Lipinski definition) is 0. The fourth-order valence-corrected chi connectivity index (χ4v) is 0.227. The normalized spacial score (nSPS) is 9.75. The van der Waals surface area contributed by atoms with Crippen LogP contribution in [0.25, 0.3) is 0 Å². The Morgan fingerprint density at radius 2 is 2.38 bits per heavy atom. The van der Waals surface area contributed by atoms with Crippen molar-refractivity contribution in [2.24, 2.45) is 0 Å². The van der Waals surface area contributed by atoms with Crippen molar-refractivity contribution in [3.63, 3.8) is 0 Å². The van der Waals surface area contributed by atoms with E-state index in [-0.39, 0.29) is 5.97 Å². The van der Waals surface area contributed by atoms with Crippen LogP contribution in [0.4, 0.5) is 0 Å². The van der Waals surface area contributed by atoms with Gasteiger partial charge in [0.2, 0.25) is 0 Å². The summed E-state index contributed by atoms with van der Waals surface area (Å²) < 4.78 is 4.52. The minimum atomic E-state index is -0.192. The molecule has 0 aliphatic carbocycles. The fourth-order valence-electron chi connectivity index (χ4n) is 0.227. The van der Waals surface area contributed by atoms with Gasteiger partial charge in [-0.05, 0) is 6.92 Å². The van der Waals surface area contributed by atoms with Crippen LogP contribution >= 0.6 is 0 Å². The van der Waals surface area contributed by atoms with Crippen LogP contribution in [0.2, 0.25) is 0 Å². The summed E-state index contributed by atoms with van der Waals surface area (Å²) in [4.78, 5) is 10.3. The van der Waals surface area contributed by atoms with Crippen LogP contribution in [-0.4, -0.2) is 5.97 Å². The maximum atomic E-state index is 10.3. The largest absolute Gasteiger partial charge is 0.435 e. The summed E-state index contributed by atoms with van der Waals surface area (Å²) in [6.45, 7) is 3.55. The third kappa shape index (κ3) is 3.40. The molecule has 0 rings (SSSR count). The summed E-state index contributed by atoms with van der Waals surface area (Å²) in [6, 6.07) is 0. The molecule has 2 nitrogen and oxygen atoms in total. The zero-order valence-corrected chi connectivity index (χ0v) is 5.18. The second-order valence-corrected chi connectivity index (χ2v) is 1.31. The highest BCUT2D eigenvalue weighted by atomic mass is 16.5. The van der Waals surface area contributed by atoms with Crippen molar-refractivity contribution >= 4 is 5.97 Å². The Morgan fingerprint density at radius 1 is 1.75 bits per heavy atom. The fraction of sp³-hybridized carbons (Fsp3) is 0.500. The summed E-state index contributed by atoms with van der Waals surface area (Å²) >= 11 is 0. The first kappa shape index (κ1) is 7.21. The average Bonchev–Trinajstić information content (AvgIpc) is 1.83. The number of esters is 1. The molecule has 46 valence electrons. The zero-order chi connectivity index (χ0) is 6.41. The van der Waals surface area contributed by atoms with Crippen molar-refractivity contribution in [3.05, 3.63) is 12.3 Å². The molecule has 0 saturated carbocycles. The third-order valence-corrected chi connectivity index (χ3v) is 0.624. The summed E-state index contributed by atoms with van der Waals surface area (Å²) in [6.07, 6.45) is 3.49. The first-order valence-electron chi connectivity index (χ1n) is 2.62. The van der Waals surface area contributed by atoms with Gasteiger partial charge >= 0.3 is 5.97 Å². The summed E-state index contributed by atoms with van der Waals surface area (Å²) in [5.74, 6) is -0.192. The molecule has 0 radical (unpaired) electrons. The van der Waals surface area contributed by atoms with Gasteiger partial charge in [-0.2, -0.15) is 0 Å². The predicted molar refractivity (Wildman–Crippen MR) is 31.2 cm³/mol. The van der Waals surface area contributed by atoms with Crippen LogP contribution in [0.5, 0.6) is 0 Å². The molecule has 0 heterocycles. The average molecular weight is 114 g/mol. The minimum Gasteiger partial charge on any atom is -0.435 e. The molecule has 0 unspecified atom stereocenters. The van der Waals surface area contributed by atoms with E-state index in [4.69, 9.17) is 0 Å². The number of carbonyl (C=O) groups is 1. The molecule has 0 atom stereocenters. The molecule has 0 aromatic rings. The molecule has 0 aliphatic heterocycles. The van der Waals surface area contributed by atoms with Crippen LogP contribution in [0.1, 0.15) is 20.3 Å². The molecule has 0 bridgehead atoms. The number of allylic oxidation sites excluding steroid dienone is 1. The molecule has 0 saturated heterocycles. The zero-order valence-electron chi connectivity index (χ0n) is 5.18. The van der Waals surface area contributed by atoms with Crippen molar-refractivity contribution in [2.45, 2.75) is 20.3 Å². The van der Waals surface area contributed by atoms with Crippen molar-refractivity contribution in [3.8, 4) is 0 Å². The van der Waals surface area contributed by atoms with Gasteiger partial charge in [0.05, 0.1) is 6.26 Å². The van der Waals surface area contributed by atoms with E-state index >= 15 is 0 Å². The van der Waals surface area contributed by atoms with Crippen molar-refractivity contribution in [1.29, 1.82) is 0 Å². The van der Waals surface area contributed by atoms with Gasteiger partial charge in [-0.3, -0.25) is 4.79 Å². The molecule has 2 heteroatoms. The van der Waals surface area contributed by atoms with Crippen LogP contribution in [-0.2, 0) is 9.53 Å². The van der Waals surface area contributed by atoms with E-state index in [2.05, 4.69) is 4.74 Å². The Bertz CT molecular complexity index is 94.7. The standard InChI is InChI=1S/C6H10O2/c1-3-5-8-6(7)4-2/h3,5H,4H2,1-2H3. The van der Waals surface area contributed by atoms with E-state index in [9.17, 15) is 4.79 Å². The summed E-state index contributed by atoms with van der Waals surface area (Å²) in [5.41, 5.74) is 0. The smallest absolute Gasteiger partial charge is 0.310 e. The number of ether oxygens (including phenoxy) is 1. The monoisotopic (exact) mass is 114 g/mol. The van der Waals surface area contributed by atoms with Crippen LogP contribution in [0.3, 0.4) is 0 Å². The van der Waals surface area contributed by atoms with E-state index in [1.165, 1.54) is 6.26 Å². The molecule has 0 aromatic carbocycles. The highest BCUT2D eigenvalue weighted by molar-refractivity contribution is 5.69. The molecule has 0 aromatic heterocycles. The van der Waals surface area contributed by atoms with E-state index in [1.54, 1.807) is 19.9 Å². The molecule has 0 fully saturated rings. The Labute approximate surface area is 49.1 Å². The second kappa shape index (κ2) is 4.37. The molecule has 0 aliphatic rings. The number of rotatable bonds is 2. The lowest BCUT2D eigenvalue weighted by atomic mass is 10.5. The van der Waals surface area contributed by atoms with Gasteiger partial charge in [0, 0.05) is 6.42 Å². The van der Waals surface area contributed by atoms with E-state index in [0.29, 0.717) is 6.42 Å². The van der Waals surface area contributed by atoms with Gasteiger partial charge in [-0.25, -0.2) is 0 Å². The summed E-state index contributed by atoms with van der Waals surface area (Å²) in [7, 11) is 0. The van der Waals surface area contributed by atoms with Gasteiger partial charge in [0.25, 0.3) is 0 Å². The second-order valence-electron chi connectivity index (χ2n) is 1.31. The lowest BCUT2D eigenvalue weighted by molar-refractivity contribution is -0.137. The number of carbonyl (C=O) groups excluding carboxylic acids is 1. The van der Waals surface area contributed by atoms with Gasteiger partial charge in [-0.15, -0.1) is 0 Å². The molecular weight excluding hydrogens is 104 g/mol. The quantitative estimate of drug-likeness (QED) is 0.401. The topological polar surface area (TPSA) is 26.3 Å². The third-order valence-electron chi connectivity index (χ3n) is 0.624. The Morgan fingerprint density at radius 3 is 2.75 bits per heavy atom. The van der Waals surface area contributed by atoms with Crippen molar-refractivity contribution in [2.75, 3.05) is 0 Å². The van der Waals surface area contributed by atoms with E-state index < -0.39 is 0 Å². The maximum Gasteiger partial charge on any atom is 0.310 e. The summed E-state index contributed by atoms with van der Waals surface area (Å²) in [5, 5.41) is 0. The lowest BCUT2D eigenvalue weighted by Crippen LogP contribution is -1.94. The Kier molecular flexibility index (Phi) is 3.94. The van der Waals surface area contributed by atoms with Gasteiger partial charge in [0.1, 0.15) is 0 Å². The van der Waals surface area contributed by atoms with Gasteiger partial charge in [0.15, 0.2) is 0 Å². The van der Waals surface area contributed by atoms with E-state index in [1.807, 2.05) is 0 Å². The van der Waals surface area contributed by atoms with Crippen LogP contribution < -0.4 is 0 Å². The van der Waals surface area contributed by atoms with Gasteiger partial charge in [-0.1, -0.05) is 13.0 Å². The van der Waals surface area contributed by atoms with Crippen LogP contribution in [0.15, 0.2) is 12.3 Å². The Balaban J connectivity index is 3.25. The van der Waals surface area contributed by atoms with Gasteiger partial charge < -0.3 is 4.74 Å². The molecule has 0 N–H and O–H groups in total. The minimum absolute atomic E-state index is 0.192. The first-order chi connectivity index (χ1) is 3.81. The SMILES string of the molecule is CC=COC(=O)CC. The first-order valence-corrected chi connectivity index (χ1v) is 2.62. The van der Waals surface area contributed by atoms with Crippen molar-refractivity contribution < 1.29 is 9.53 Å². The Hall–Kier alpha value is -0.790. The maximum absolute atomic E-state index is 10.3. The highest BCUT2D eigenvalue weighted by Crippen LogP contribution is 1.83. The molecule has 0 amide bonds. The highest BCUT2D eigenvalue weighted by Gasteiger charge is 1.90. The number of hydrogen-bond acceptors (Lipinski definition) is 2. The van der Waals surface area contributed by atoms with E-state index in [0.717, 1.165) is 0 Å². The molecule has 8 heavy (non-hydrogen) atoms. The van der Waals surface area contributed by atoms with Crippen molar-refractivity contribution in [1.82, 2.24) is 0 Å². The van der Waals surface area contributed by atoms with Crippen LogP contribution in [0, 0.1) is 0 Å². The molecular formula is C6H10O2. The predicted octanol–water partition coefficient (Wildman–Crippen LogP) is 1.47. The lowest BCUT2D eigenvalue weighted by Gasteiger charge is -1.90.